The highest BCUT2D eigenvalue weighted by Gasteiger charge is 2.14. The lowest BCUT2D eigenvalue weighted by atomic mass is 10.1. The zero-order valence-electron chi connectivity index (χ0n) is 7.63. The average molecular weight is 195 g/mol. The summed E-state index contributed by atoms with van der Waals surface area (Å²) in [7, 11) is 0. The van der Waals surface area contributed by atoms with Crippen molar-refractivity contribution >= 4 is 5.97 Å². The Hall–Kier alpha value is -0.710. The third kappa shape index (κ3) is 6.45. The number of hydrogen-bond donors (Lipinski definition) is 1. The Balaban J connectivity index is 3.49. The summed E-state index contributed by atoms with van der Waals surface area (Å²) < 4.78 is 28.0. The van der Waals surface area contributed by atoms with Gasteiger partial charge >= 0.3 is 5.97 Å². The van der Waals surface area contributed by atoms with Gasteiger partial charge < -0.3 is 10.5 Å². The maximum absolute atomic E-state index is 11.7. The van der Waals surface area contributed by atoms with Crippen LogP contribution in [0.15, 0.2) is 0 Å². The van der Waals surface area contributed by atoms with Crippen LogP contribution in [0.5, 0.6) is 0 Å². The van der Waals surface area contributed by atoms with Gasteiger partial charge in [0.1, 0.15) is 6.04 Å². The molecule has 0 saturated carbocycles. The average Bonchev–Trinajstić information content (AvgIpc) is 2.04. The number of carbonyl (C=O) groups excluding carboxylic acids is 1. The second kappa shape index (κ2) is 6.77. The van der Waals surface area contributed by atoms with Crippen LogP contribution in [0.4, 0.5) is 8.78 Å². The first-order chi connectivity index (χ1) is 6.07. The fourth-order valence-electron chi connectivity index (χ4n) is 0.859. The maximum Gasteiger partial charge on any atom is 0.322 e. The molecule has 13 heavy (non-hydrogen) atoms. The number of rotatable bonds is 6. The number of alkyl halides is 2. The summed E-state index contributed by atoms with van der Waals surface area (Å²) in [5.74, 6) is -0.517. The summed E-state index contributed by atoms with van der Waals surface area (Å²) >= 11 is 0. The van der Waals surface area contributed by atoms with E-state index < -0.39 is 18.4 Å². The van der Waals surface area contributed by atoms with Crippen molar-refractivity contribution in [2.75, 3.05) is 6.61 Å². The summed E-state index contributed by atoms with van der Waals surface area (Å²) in [6.07, 6.45) is -2.04. The Bertz CT molecular complexity index is 153. The van der Waals surface area contributed by atoms with E-state index in [1.807, 2.05) is 0 Å². The molecule has 0 aromatic heterocycles. The van der Waals surface area contributed by atoms with E-state index in [9.17, 15) is 13.6 Å². The smallest absolute Gasteiger partial charge is 0.322 e. The van der Waals surface area contributed by atoms with E-state index in [0.29, 0.717) is 0 Å². The molecule has 0 aliphatic carbocycles. The van der Waals surface area contributed by atoms with Crippen molar-refractivity contribution in [3.8, 4) is 0 Å². The van der Waals surface area contributed by atoms with Gasteiger partial charge in [0.15, 0.2) is 0 Å². The molecule has 0 aliphatic heterocycles. The summed E-state index contributed by atoms with van der Waals surface area (Å²) in [5.41, 5.74) is 5.37. The Kier molecular flexibility index (Phi) is 6.40. The van der Waals surface area contributed by atoms with E-state index in [2.05, 4.69) is 4.74 Å². The third-order valence-corrected chi connectivity index (χ3v) is 1.53. The molecule has 0 heterocycles. The lowest BCUT2D eigenvalue weighted by molar-refractivity contribution is -0.144. The van der Waals surface area contributed by atoms with Gasteiger partial charge in [-0.15, -0.1) is 0 Å². The number of nitrogens with two attached hydrogens (primary N) is 1. The number of ether oxygens (including phenoxy) is 1. The van der Waals surface area contributed by atoms with Crippen molar-refractivity contribution in [3.63, 3.8) is 0 Å². The maximum atomic E-state index is 11.7. The van der Waals surface area contributed by atoms with Gasteiger partial charge in [-0.1, -0.05) is 0 Å². The largest absolute Gasteiger partial charge is 0.465 e. The highest BCUT2D eigenvalue weighted by Crippen LogP contribution is 2.07. The summed E-state index contributed by atoms with van der Waals surface area (Å²) in [4.78, 5) is 10.9. The van der Waals surface area contributed by atoms with Crippen LogP contribution < -0.4 is 5.73 Å². The molecule has 1 unspecified atom stereocenters. The Morgan fingerprint density at radius 2 is 2.08 bits per heavy atom. The van der Waals surface area contributed by atoms with Crippen LogP contribution in [0.25, 0.3) is 0 Å². The third-order valence-electron chi connectivity index (χ3n) is 1.53. The zero-order valence-corrected chi connectivity index (χ0v) is 7.63. The minimum absolute atomic E-state index is 0.215. The predicted molar refractivity (Wildman–Crippen MR) is 44.5 cm³/mol. The fourth-order valence-corrected chi connectivity index (χ4v) is 0.859. The molecule has 0 aromatic rings. The lowest BCUT2D eigenvalue weighted by Gasteiger charge is -2.09. The Morgan fingerprint density at radius 3 is 2.54 bits per heavy atom. The monoisotopic (exact) mass is 195 g/mol. The van der Waals surface area contributed by atoms with Gasteiger partial charge in [0.2, 0.25) is 6.43 Å². The SMILES string of the molecule is CCOC(=O)C(N)CCCC(F)F. The van der Waals surface area contributed by atoms with Gasteiger partial charge in [-0.3, -0.25) is 4.79 Å². The van der Waals surface area contributed by atoms with Gasteiger partial charge in [-0.25, -0.2) is 8.78 Å². The van der Waals surface area contributed by atoms with Crippen molar-refractivity contribution in [2.45, 2.75) is 38.7 Å². The van der Waals surface area contributed by atoms with Crippen molar-refractivity contribution in [1.82, 2.24) is 0 Å². The molecule has 0 radical (unpaired) electrons. The van der Waals surface area contributed by atoms with Gasteiger partial charge in [-0.2, -0.15) is 0 Å². The van der Waals surface area contributed by atoms with Crippen LogP contribution in [0.3, 0.4) is 0 Å². The van der Waals surface area contributed by atoms with Crippen LogP contribution in [0.2, 0.25) is 0 Å². The highest BCUT2D eigenvalue weighted by atomic mass is 19.3. The van der Waals surface area contributed by atoms with Gasteiger partial charge in [0.25, 0.3) is 0 Å². The van der Waals surface area contributed by atoms with E-state index in [-0.39, 0.29) is 25.9 Å². The Morgan fingerprint density at radius 1 is 1.46 bits per heavy atom. The van der Waals surface area contributed by atoms with Gasteiger partial charge in [-0.05, 0) is 19.8 Å². The van der Waals surface area contributed by atoms with E-state index in [1.54, 1.807) is 6.92 Å². The Labute approximate surface area is 76.2 Å². The molecule has 0 aromatic carbocycles. The van der Waals surface area contributed by atoms with Gasteiger partial charge in [0.05, 0.1) is 6.61 Å². The standard InChI is InChI=1S/C8H15F2NO2/c1-2-13-8(12)6(11)4-3-5-7(9)10/h6-7H,2-5,11H2,1H3. The summed E-state index contributed by atoms with van der Waals surface area (Å²) in [6.45, 7) is 1.94. The number of halogens is 2. The summed E-state index contributed by atoms with van der Waals surface area (Å²) in [6, 6.07) is -0.765. The number of esters is 1. The van der Waals surface area contributed by atoms with Crippen molar-refractivity contribution < 1.29 is 18.3 Å². The lowest BCUT2D eigenvalue weighted by Crippen LogP contribution is -2.32. The number of hydrogen-bond acceptors (Lipinski definition) is 3. The quantitative estimate of drug-likeness (QED) is 0.650. The molecule has 0 aliphatic rings. The molecule has 0 amide bonds. The minimum atomic E-state index is -2.32. The highest BCUT2D eigenvalue weighted by molar-refractivity contribution is 5.75. The molecular weight excluding hydrogens is 180 g/mol. The molecule has 0 rings (SSSR count). The second-order valence-electron chi connectivity index (χ2n) is 2.68. The first-order valence-electron chi connectivity index (χ1n) is 4.28. The van der Waals surface area contributed by atoms with E-state index in [0.717, 1.165) is 0 Å². The molecule has 0 bridgehead atoms. The fraction of sp³-hybridized carbons (Fsp3) is 0.875. The molecule has 2 N–H and O–H groups in total. The molecule has 0 spiro atoms. The predicted octanol–water partition coefficient (Wildman–Crippen LogP) is 1.31. The summed E-state index contributed by atoms with van der Waals surface area (Å²) in [5, 5.41) is 0. The van der Waals surface area contributed by atoms with E-state index in [4.69, 9.17) is 5.73 Å². The van der Waals surface area contributed by atoms with Crippen LogP contribution in [0.1, 0.15) is 26.2 Å². The van der Waals surface area contributed by atoms with Crippen molar-refractivity contribution in [1.29, 1.82) is 0 Å². The molecular formula is C8H15F2NO2. The van der Waals surface area contributed by atoms with E-state index >= 15 is 0 Å². The van der Waals surface area contributed by atoms with Crippen molar-refractivity contribution in [2.24, 2.45) is 5.73 Å². The van der Waals surface area contributed by atoms with Crippen LogP contribution in [-0.4, -0.2) is 25.0 Å². The molecule has 0 saturated heterocycles. The molecule has 5 heteroatoms. The first kappa shape index (κ1) is 12.3. The zero-order chi connectivity index (χ0) is 10.3. The molecule has 0 fully saturated rings. The van der Waals surface area contributed by atoms with Crippen LogP contribution in [0, 0.1) is 0 Å². The van der Waals surface area contributed by atoms with Crippen LogP contribution in [-0.2, 0) is 9.53 Å². The first-order valence-corrected chi connectivity index (χ1v) is 4.28. The minimum Gasteiger partial charge on any atom is -0.465 e. The molecule has 1 atom stereocenters. The number of carbonyl (C=O) groups is 1. The second-order valence-corrected chi connectivity index (χ2v) is 2.68. The van der Waals surface area contributed by atoms with Crippen molar-refractivity contribution in [3.05, 3.63) is 0 Å². The van der Waals surface area contributed by atoms with E-state index in [1.165, 1.54) is 0 Å². The van der Waals surface area contributed by atoms with Gasteiger partial charge in [0, 0.05) is 6.42 Å². The normalized spacial score (nSPS) is 13.0. The molecule has 78 valence electrons. The topological polar surface area (TPSA) is 52.3 Å². The molecule has 3 nitrogen and oxygen atoms in total. The van der Waals surface area contributed by atoms with Crippen LogP contribution >= 0.6 is 0 Å².